The Labute approximate surface area is 149 Å². The number of anilines is 1. The number of hydrogen-bond acceptors (Lipinski definition) is 4. The third kappa shape index (κ3) is 3.32. The molecule has 6 nitrogen and oxygen atoms in total. The van der Waals surface area contributed by atoms with Crippen molar-refractivity contribution in [2.75, 3.05) is 31.5 Å². The van der Waals surface area contributed by atoms with E-state index in [0.717, 1.165) is 43.7 Å². The van der Waals surface area contributed by atoms with Crippen molar-refractivity contribution in [2.45, 2.75) is 49.5 Å². The SMILES string of the molecule is O=C1CCc2cc(S(=O)(=O)N3CCCC3CN3CCCC3)ccc2N1. The molecule has 0 aliphatic carbocycles. The van der Waals surface area contributed by atoms with Crippen LogP contribution in [0, 0.1) is 0 Å². The fourth-order valence-corrected chi connectivity index (χ4v) is 5.96. The Hall–Kier alpha value is -1.44. The maximum atomic E-state index is 13.2. The van der Waals surface area contributed by atoms with Gasteiger partial charge in [-0.3, -0.25) is 4.79 Å². The molecule has 1 unspecified atom stereocenters. The lowest BCUT2D eigenvalue weighted by atomic mass is 10.0. The van der Waals surface area contributed by atoms with Crippen LogP contribution in [0.5, 0.6) is 0 Å². The topological polar surface area (TPSA) is 69.7 Å². The molecule has 3 heterocycles. The van der Waals surface area contributed by atoms with E-state index in [1.165, 1.54) is 12.8 Å². The smallest absolute Gasteiger partial charge is 0.243 e. The lowest BCUT2D eigenvalue weighted by molar-refractivity contribution is -0.116. The van der Waals surface area contributed by atoms with Crippen molar-refractivity contribution in [3.05, 3.63) is 23.8 Å². The van der Waals surface area contributed by atoms with Crippen LogP contribution in [0.15, 0.2) is 23.1 Å². The minimum atomic E-state index is -3.48. The van der Waals surface area contributed by atoms with E-state index in [9.17, 15) is 13.2 Å². The average molecular weight is 363 g/mol. The number of likely N-dealkylation sites (tertiary alicyclic amines) is 1. The Morgan fingerprint density at radius 3 is 2.68 bits per heavy atom. The number of hydrogen-bond donors (Lipinski definition) is 1. The molecule has 1 N–H and O–H groups in total. The van der Waals surface area contributed by atoms with Crippen molar-refractivity contribution in [3.8, 4) is 0 Å². The number of aryl methyl sites for hydroxylation is 1. The highest BCUT2D eigenvalue weighted by Gasteiger charge is 2.36. The molecule has 0 radical (unpaired) electrons. The zero-order chi connectivity index (χ0) is 17.4. The van der Waals surface area contributed by atoms with E-state index in [0.29, 0.717) is 24.3 Å². The molecular weight excluding hydrogens is 338 g/mol. The maximum Gasteiger partial charge on any atom is 0.243 e. The van der Waals surface area contributed by atoms with Gasteiger partial charge in [0.2, 0.25) is 15.9 Å². The zero-order valence-corrected chi connectivity index (χ0v) is 15.2. The van der Waals surface area contributed by atoms with E-state index in [2.05, 4.69) is 10.2 Å². The molecule has 1 aromatic rings. The molecule has 136 valence electrons. The molecule has 3 aliphatic heterocycles. The van der Waals surface area contributed by atoms with Crippen LogP contribution in [0.4, 0.5) is 5.69 Å². The van der Waals surface area contributed by atoms with Crippen molar-refractivity contribution < 1.29 is 13.2 Å². The van der Waals surface area contributed by atoms with Crippen molar-refractivity contribution in [3.63, 3.8) is 0 Å². The number of sulfonamides is 1. The van der Waals surface area contributed by atoms with Gasteiger partial charge in [0.25, 0.3) is 0 Å². The summed E-state index contributed by atoms with van der Waals surface area (Å²) in [6.45, 7) is 3.63. The summed E-state index contributed by atoms with van der Waals surface area (Å²) in [5.41, 5.74) is 1.65. The van der Waals surface area contributed by atoms with Crippen LogP contribution in [0.1, 0.15) is 37.7 Å². The van der Waals surface area contributed by atoms with Crippen molar-refractivity contribution in [1.82, 2.24) is 9.21 Å². The van der Waals surface area contributed by atoms with Gasteiger partial charge < -0.3 is 10.2 Å². The fourth-order valence-electron chi connectivity index (χ4n) is 4.23. The van der Waals surface area contributed by atoms with Gasteiger partial charge in [0.1, 0.15) is 0 Å². The van der Waals surface area contributed by atoms with Crippen LogP contribution >= 0.6 is 0 Å². The van der Waals surface area contributed by atoms with E-state index in [-0.39, 0.29) is 11.9 Å². The summed E-state index contributed by atoms with van der Waals surface area (Å²) >= 11 is 0. The Kier molecular flexibility index (Phi) is 4.56. The molecule has 4 rings (SSSR count). The lowest BCUT2D eigenvalue weighted by Gasteiger charge is -2.28. The highest BCUT2D eigenvalue weighted by Crippen LogP contribution is 2.31. The number of amides is 1. The summed E-state index contributed by atoms with van der Waals surface area (Å²) < 4.78 is 28.1. The predicted molar refractivity (Wildman–Crippen MR) is 96.0 cm³/mol. The molecule has 1 atom stereocenters. The molecule has 25 heavy (non-hydrogen) atoms. The second kappa shape index (κ2) is 6.70. The van der Waals surface area contributed by atoms with E-state index in [4.69, 9.17) is 0 Å². The first-order chi connectivity index (χ1) is 12.0. The Morgan fingerprint density at radius 1 is 1.08 bits per heavy atom. The van der Waals surface area contributed by atoms with E-state index >= 15 is 0 Å². The minimum absolute atomic E-state index is 0.00618. The van der Waals surface area contributed by atoms with Gasteiger partial charge in [0.15, 0.2) is 0 Å². The third-order valence-corrected chi connectivity index (χ3v) is 7.52. The first kappa shape index (κ1) is 17.0. The van der Waals surface area contributed by atoms with Gasteiger partial charge in [-0.25, -0.2) is 8.42 Å². The highest BCUT2D eigenvalue weighted by atomic mass is 32.2. The van der Waals surface area contributed by atoms with Crippen molar-refractivity contribution in [2.24, 2.45) is 0 Å². The van der Waals surface area contributed by atoms with E-state index in [1.54, 1.807) is 22.5 Å². The second-order valence-electron chi connectivity index (χ2n) is 7.29. The van der Waals surface area contributed by atoms with Gasteiger partial charge >= 0.3 is 0 Å². The van der Waals surface area contributed by atoms with Gasteiger partial charge in [-0.1, -0.05) is 0 Å². The standard InChI is InChI=1S/C18H25N3O3S/c22-18-8-5-14-12-16(6-7-17(14)19-18)25(23,24)21-11-3-4-15(21)13-20-9-1-2-10-20/h6-7,12,15H,1-5,8-11,13H2,(H,19,22). The Bertz CT molecular complexity index is 772. The second-order valence-corrected chi connectivity index (χ2v) is 9.18. The zero-order valence-electron chi connectivity index (χ0n) is 14.4. The molecule has 1 aromatic carbocycles. The van der Waals surface area contributed by atoms with Crippen LogP contribution in [0.2, 0.25) is 0 Å². The molecule has 3 aliphatic rings. The summed E-state index contributed by atoms with van der Waals surface area (Å²) in [5.74, 6) is -0.00618. The lowest BCUT2D eigenvalue weighted by Crippen LogP contribution is -2.42. The van der Waals surface area contributed by atoms with E-state index < -0.39 is 10.0 Å². The molecule has 0 spiro atoms. The summed E-state index contributed by atoms with van der Waals surface area (Å²) in [6.07, 6.45) is 5.32. The third-order valence-electron chi connectivity index (χ3n) is 5.57. The van der Waals surface area contributed by atoms with Crippen LogP contribution in [-0.2, 0) is 21.2 Å². The quantitative estimate of drug-likeness (QED) is 0.886. The van der Waals surface area contributed by atoms with Gasteiger partial charge in [-0.05, 0) is 69.0 Å². The number of carbonyl (C=O) groups excluding carboxylic acids is 1. The molecule has 7 heteroatoms. The summed E-state index contributed by atoms with van der Waals surface area (Å²) in [4.78, 5) is 14.2. The number of nitrogens with one attached hydrogen (secondary N) is 1. The first-order valence-electron chi connectivity index (χ1n) is 9.21. The number of carbonyl (C=O) groups is 1. The van der Waals surface area contributed by atoms with Crippen LogP contribution < -0.4 is 5.32 Å². The number of nitrogens with zero attached hydrogens (tertiary/aromatic N) is 2. The van der Waals surface area contributed by atoms with Crippen molar-refractivity contribution in [1.29, 1.82) is 0 Å². The van der Waals surface area contributed by atoms with Gasteiger partial charge in [0, 0.05) is 31.2 Å². The number of fused-ring (bicyclic) bond motifs is 1. The van der Waals surface area contributed by atoms with Crippen LogP contribution in [-0.4, -0.2) is 55.8 Å². The van der Waals surface area contributed by atoms with Gasteiger partial charge in [0.05, 0.1) is 4.90 Å². The molecule has 0 saturated carbocycles. The van der Waals surface area contributed by atoms with Crippen LogP contribution in [0.25, 0.3) is 0 Å². The Balaban J connectivity index is 1.57. The molecule has 0 aromatic heterocycles. The largest absolute Gasteiger partial charge is 0.326 e. The molecule has 1 amide bonds. The minimum Gasteiger partial charge on any atom is -0.326 e. The summed E-state index contributed by atoms with van der Waals surface area (Å²) in [5, 5.41) is 2.81. The molecule has 2 saturated heterocycles. The van der Waals surface area contributed by atoms with Crippen LogP contribution in [0.3, 0.4) is 0 Å². The van der Waals surface area contributed by atoms with Gasteiger partial charge in [-0.2, -0.15) is 4.31 Å². The number of benzene rings is 1. The summed E-state index contributed by atoms with van der Waals surface area (Å²) in [6, 6.07) is 5.18. The van der Waals surface area contributed by atoms with Crippen molar-refractivity contribution >= 4 is 21.6 Å². The average Bonchev–Trinajstić information content (AvgIpc) is 3.27. The number of rotatable bonds is 4. The first-order valence-corrected chi connectivity index (χ1v) is 10.6. The van der Waals surface area contributed by atoms with Gasteiger partial charge in [-0.15, -0.1) is 0 Å². The molecule has 2 fully saturated rings. The molecule has 0 bridgehead atoms. The maximum absolute atomic E-state index is 13.2. The predicted octanol–water partition coefficient (Wildman–Crippen LogP) is 1.82. The molecular formula is C18H25N3O3S. The summed E-state index contributed by atoms with van der Waals surface area (Å²) in [7, 11) is -3.48. The monoisotopic (exact) mass is 363 g/mol. The Morgan fingerprint density at radius 2 is 1.88 bits per heavy atom. The highest BCUT2D eigenvalue weighted by molar-refractivity contribution is 7.89. The van der Waals surface area contributed by atoms with E-state index in [1.807, 2.05) is 0 Å². The fraction of sp³-hybridized carbons (Fsp3) is 0.611. The normalized spacial score (nSPS) is 25.1.